The van der Waals surface area contributed by atoms with Gasteiger partial charge in [-0.25, -0.2) is 4.39 Å². The Labute approximate surface area is 149 Å². The predicted molar refractivity (Wildman–Crippen MR) is 98.4 cm³/mol. The quantitative estimate of drug-likeness (QED) is 0.689. The van der Waals surface area contributed by atoms with Crippen molar-refractivity contribution in [2.75, 3.05) is 26.0 Å². The van der Waals surface area contributed by atoms with Gasteiger partial charge in [-0.05, 0) is 43.2 Å². The van der Waals surface area contributed by atoms with Crippen LogP contribution >= 0.6 is 22.7 Å². The smallest absolute Gasteiger partial charge is 0.205 e. The molecule has 4 nitrogen and oxygen atoms in total. The molecule has 24 heavy (non-hydrogen) atoms. The first-order chi connectivity index (χ1) is 11.6. The summed E-state index contributed by atoms with van der Waals surface area (Å²) in [5.41, 5.74) is 1.03. The number of anilines is 1. The minimum absolute atomic E-state index is 0.221. The highest BCUT2D eigenvalue weighted by Gasteiger charge is 2.16. The molecule has 0 saturated heterocycles. The number of halogens is 1. The fraction of sp³-hybridized carbons (Fsp3) is 0.294. The molecule has 0 spiro atoms. The van der Waals surface area contributed by atoms with E-state index in [9.17, 15) is 4.39 Å². The van der Waals surface area contributed by atoms with E-state index in [2.05, 4.69) is 52.0 Å². The van der Waals surface area contributed by atoms with Crippen molar-refractivity contribution in [3.05, 3.63) is 63.0 Å². The molecule has 126 valence electrons. The van der Waals surface area contributed by atoms with Gasteiger partial charge in [-0.3, -0.25) is 0 Å². The molecule has 1 N–H and O–H groups in total. The molecule has 1 atom stereocenters. The van der Waals surface area contributed by atoms with E-state index in [4.69, 9.17) is 0 Å². The fourth-order valence-corrected chi connectivity index (χ4v) is 4.08. The molecule has 0 amide bonds. The third-order valence-electron chi connectivity index (χ3n) is 3.68. The molecule has 2 aromatic heterocycles. The lowest BCUT2D eigenvalue weighted by Crippen LogP contribution is -2.26. The highest BCUT2D eigenvalue weighted by molar-refractivity contribution is 7.15. The van der Waals surface area contributed by atoms with E-state index in [1.807, 2.05) is 0 Å². The maximum atomic E-state index is 12.9. The molecule has 0 fully saturated rings. The fourth-order valence-electron chi connectivity index (χ4n) is 2.38. The van der Waals surface area contributed by atoms with Gasteiger partial charge in [-0.15, -0.1) is 21.5 Å². The number of hydrogen-bond acceptors (Lipinski definition) is 6. The number of hydrogen-bond donors (Lipinski definition) is 1. The van der Waals surface area contributed by atoms with Gasteiger partial charge in [0.05, 0.1) is 6.04 Å². The second-order valence-corrected chi connectivity index (χ2v) is 7.72. The van der Waals surface area contributed by atoms with Crippen molar-refractivity contribution in [1.29, 1.82) is 0 Å². The molecule has 0 aliphatic heterocycles. The predicted octanol–water partition coefficient (Wildman–Crippen LogP) is 4.04. The van der Waals surface area contributed by atoms with E-state index in [1.54, 1.807) is 34.8 Å². The first-order valence-electron chi connectivity index (χ1n) is 7.62. The molecule has 2 heterocycles. The summed E-state index contributed by atoms with van der Waals surface area (Å²) in [7, 11) is 4.15. The van der Waals surface area contributed by atoms with Crippen LogP contribution in [0.4, 0.5) is 9.52 Å². The van der Waals surface area contributed by atoms with E-state index in [0.29, 0.717) is 12.5 Å². The Bertz CT molecular complexity index is 753. The number of benzene rings is 1. The summed E-state index contributed by atoms with van der Waals surface area (Å²) in [6.45, 7) is 0.776. The lowest BCUT2D eigenvalue weighted by molar-refractivity contribution is 0.316. The zero-order valence-corrected chi connectivity index (χ0v) is 15.2. The summed E-state index contributed by atoms with van der Waals surface area (Å²) in [6, 6.07) is 11.0. The van der Waals surface area contributed by atoms with Crippen LogP contribution in [0.25, 0.3) is 0 Å². The van der Waals surface area contributed by atoms with Gasteiger partial charge in [0.15, 0.2) is 0 Å². The Balaban J connectivity index is 1.60. The summed E-state index contributed by atoms with van der Waals surface area (Å²) in [4.78, 5) is 3.52. The van der Waals surface area contributed by atoms with Crippen LogP contribution in [-0.2, 0) is 6.42 Å². The zero-order valence-electron chi connectivity index (χ0n) is 13.6. The summed E-state index contributed by atoms with van der Waals surface area (Å²) < 4.78 is 12.9. The molecule has 0 bridgehead atoms. The van der Waals surface area contributed by atoms with Gasteiger partial charge in [-0.1, -0.05) is 29.5 Å². The number of rotatable bonds is 7. The molecule has 0 radical (unpaired) electrons. The van der Waals surface area contributed by atoms with Crippen molar-refractivity contribution in [2.45, 2.75) is 12.5 Å². The maximum absolute atomic E-state index is 12.9. The van der Waals surface area contributed by atoms with Crippen LogP contribution in [0.5, 0.6) is 0 Å². The standard InChI is InChI=1S/C17H19FN4S2/c1-22(2)14(15-4-3-9-23-15)11-19-17-21-20-16(24-17)10-12-5-7-13(18)8-6-12/h3-9,14H,10-11H2,1-2H3,(H,19,21). The van der Waals surface area contributed by atoms with Crippen LogP contribution in [0.15, 0.2) is 41.8 Å². The Hall–Kier alpha value is -1.83. The summed E-state index contributed by atoms with van der Waals surface area (Å²) >= 11 is 3.30. The van der Waals surface area contributed by atoms with Crippen LogP contribution < -0.4 is 5.32 Å². The van der Waals surface area contributed by atoms with Crippen molar-refractivity contribution in [1.82, 2.24) is 15.1 Å². The molecular weight excluding hydrogens is 343 g/mol. The Kier molecular flexibility index (Phi) is 5.55. The largest absolute Gasteiger partial charge is 0.358 e. The van der Waals surface area contributed by atoms with Gasteiger partial charge < -0.3 is 10.2 Å². The van der Waals surface area contributed by atoms with E-state index < -0.39 is 0 Å². The molecule has 3 rings (SSSR count). The van der Waals surface area contributed by atoms with Crippen LogP contribution in [-0.4, -0.2) is 35.7 Å². The highest BCUT2D eigenvalue weighted by atomic mass is 32.1. The van der Waals surface area contributed by atoms with Crippen LogP contribution in [0, 0.1) is 5.82 Å². The second-order valence-electron chi connectivity index (χ2n) is 5.68. The number of nitrogens with zero attached hydrogens (tertiary/aromatic N) is 3. The normalized spacial score (nSPS) is 12.5. The Morgan fingerprint density at radius 2 is 1.96 bits per heavy atom. The monoisotopic (exact) mass is 362 g/mol. The topological polar surface area (TPSA) is 41.0 Å². The van der Waals surface area contributed by atoms with Gasteiger partial charge in [0.2, 0.25) is 5.13 Å². The number of nitrogens with one attached hydrogen (secondary N) is 1. The molecular formula is C17H19FN4S2. The third-order valence-corrected chi connectivity index (χ3v) is 5.53. The van der Waals surface area contributed by atoms with Crippen molar-refractivity contribution >= 4 is 27.8 Å². The highest BCUT2D eigenvalue weighted by Crippen LogP contribution is 2.25. The van der Waals surface area contributed by atoms with E-state index in [-0.39, 0.29) is 5.82 Å². The molecule has 1 aromatic carbocycles. The number of aromatic nitrogens is 2. The van der Waals surface area contributed by atoms with Gasteiger partial charge >= 0.3 is 0 Å². The molecule has 7 heteroatoms. The van der Waals surface area contributed by atoms with Crippen molar-refractivity contribution in [3.63, 3.8) is 0 Å². The SMILES string of the molecule is CN(C)C(CNc1nnc(Cc2ccc(F)cc2)s1)c1cccs1. The zero-order chi connectivity index (χ0) is 16.9. The second kappa shape index (κ2) is 7.83. The average molecular weight is 362 g/mol. The first kappa shape index (κ1) is 17.0. The minimum Gasteiger partial charge on any atom is -0.358 e. The summed E-state index contributed by atoms with van der Waals surface area (Å²) in [6.07, 6.45) is 0.668. The molecule has 1 unspecified atom stereocenters. The maximum Gasteiger partial charge on any atom is 0.205 e. The lowest BCUT2D eigenvalue weighted by Gasteiger charge is -2.23. The van der Waals surface area contributed by atoms with Crippen LogP contribution in [0.1, 0.15) is 21.5 Å². The average Bonchev–Trinajstić information content (AvgIpc) is 3.22. The Morgan fingerprint density at radius 3 is 2.62 bits per heavy atom. The molecule has 0 saturated carbocycles. The van der Waals surface area contributed by atoms with Crippen LogP contribution in [0.3, 0.4) is 0 Å². The number of likely N-dealkylation sites (N-methyl/N-ethyl adjacent to an activating group) is 1. The molecule has 0 aliphatic rings. The lowest BCUT2D eigenvalue weighted by atomic mass is 10.2. The van der Waals surface area contributed by atoms with Gasteiger partial charge in [-0.2, -0.15) is 0 Å². The first-order valence-corrected chi connectivity index (χ1v) is 9.32. The van der Waals surface area contributed by atoms with Gasteiger partial charge in [0.1, 0.15) is 10.8 Å². The number of thiophene rings is 1. The van der Waals surface area contributed by atoms with Crippen molar-refractivity contribution < 1.29 is 4.39 Å². The van der Waals surface area contributed by atoms with Crippen LogP contribution in [0.2, 0.25) is 0 Å². The Morgan fingerprint density at radius 1 is 1.17 bits per heavy atom. The van der Waals surface area contributed by atoms with E-state index >= 15 is 0 Å². The third kappa shape index (κ3) is 4.37. The van der Waals surface area contributed by atoms with E-state index in [1.165, 1.54) is 17.0 Å². The summed E-state index contributed by atoms with van der Waals surface area (Å²) in [5.74, 6) is -0.221. The molecule has 0 aliphatic carbocycles. The van der Waals surface area contributed by atoms with E-state index in [0.717, 1.165) is 22.2 Å². The van der Waals surface area contributed by atoms with Crippen molar-refractivity contribution in [3.8, 4) is 0 Å². The van der Waals surface area contributed by atoms with Gasteiger partial charge in [0, 0.05) is 17.8 Å². The van der Waals surface area contributed by atoms with Crippen molar-refractivity contribution in [2.24, 2.45) is 0 Å². The van der Waals surface area contributed by atoms with Gasteiger partial charge in [0.25, 0.3) is 0 Å². The summed E-state index contributed by atoms with van der Waals surface area (Å²) in [5, 5.41) is 15.6. The minimum atomic E-state index is -0.221. The molecule has 3 aromatic rings.